The number of hydrogen-bond acceptors (Lipinski definition) is 5. The van der Waals surface area contributed by atoms with E-state index in [9.17, 15) is 19.8 Å². The molecule has 0 aliphatic carbocycles. The van der Waals surface area contributed by atoms with Gasteiger partial charge in [-0.15, -0.1) is 0 Å². The molecule has 1 amide bonds. The van der Waals surface area contributed by atoms with Crippen LogP contribution < -0.4 is 5.32 Å². The lowest BCUT2D eigenvalue weighted by Crippen LogP contribution is -2.45. The number of aliphatic hydroxyl groups excluding tert-OH is 2. The van der Waals surface area contributed by atoms with Gasteiger partial charge in [-0.2, -0.15) is 0 Å². The van der Waals surface area contributed by atoms with Crippen LogP contribution in [-0.4, -0.2) is 47.4 Å². The van der Waals surface area contributed by atoms with Crippen LogP contribution in [0, 0.1) is 0 Å². The minimum atomic E-state index is -0.839. The van der Waals surface area contributed by atoms with Crippen LogP contribution in [-0.2, 0) is 14.3 Å². The molecule has 0 aromatic heterocycles. The molecule has 0 fully saturated rings. The molecule has 0 aliphatic heterocycles. The Labute approximate surface area is 487 Å². The quantitative estimate of drug-likeness (QED) is 0.0320. The fraction of sp³-hybridized carbons (Fsp3) is 0.889. The molecule has 0 saturated carbocycles. The number of aliphatic hydroxyl groups is 2. The zero-order chi connectivity index (χ0) is 56.4. The lowest BCUT2D eigenvalue weighted by molar-refractivity contribution is -0.143. The molecule has 2 atom stereocenters. The number of unbranched alkanes of at least 4 members (excludes halogenated alkanes) is 51. The van der Waals surface area contributed by atoms with E-state index in [4.69, 9.17) is 4.74 Å². The van der Waals surface area contributed by atoms with Crippen LogP contribution in [0.25, 0.3) is 0 Å². The Kier molecular flexibility index (Phi) is 65.9. The highest BCUT2D eigenvalue weighted by molar-refractivity contribution is 5.76. The van der Waals surface area contributed by atoms with E-state index < -0.39 is 12.1 Å². The average Bonchev–Trinajstić information content (AvgIpc) is 3.44. The van der Waals surface area contributed by atoms with Gasteiger partial charge in [-0.3, -0.25) is 9.59 Å². The third-order valence-corrected chi connectivity index (χ3v) is 16.4. The van der Waals surface area contributed by atoms with Crippen molar-refractivity contribution in [2.24, 2.45) is 0 Å². The maximum absolute atomic E-state index is 12.4. The molecule has 2 unspecified atom stereocenters. The molecule has 3 N–H and O–H groups in total. The molecule has 6 nitrogen and oxygen atoms in total. The summed E-state index contributed by atoms with van der Waals surface area (Å²) in [7, 11) is 0. The van der Waals surface area contributed by atoms with E-state index in [1.807, 2.05) is 6.08 Å². The molecular formula is C72H137NO5. The number of allylic oxidation sites excluding steroid dienone is 5. The monoisotopic (exact) mass is 1100 g/mol. The average molecular weight is 1100 g/mol. The lowest BCUT2D eigenvalue weighted by Gasteiger charge is -2.20. The Morgan fingerprint density at radius 2 is 0.641 bits per heavy atom. The Hall–Kier alpha value is -1.92. The van der Waals surface area contributed by atoms with E-state index in [-0.39, 0.29) is 18.5 Å². The highest BCUT2D eigenvalue weighted by Gasteiger charge is 2.18. The number of ether oxygens (including phenoxy) is 1. The molecule has 0 aromatic carbocycles. The number of hydrogen-bond donors (Lipinski definition) is 3. The number of carbonyl (C=O) groups excluding carboxylic acids is 2. The number of carbonyl (C=O) groups is 2. The van der Waals surface area contributed by atoms with Crippen molar-refractivity contribution in [2.75, 3.05) is 13.2 Å². The first-order valence-corrected chi connectivity index (χ1v) is 35.3. The zero-order valence-electron chi connectivity index (χ0n) is 52.7. The lowest BCUT2D eigenvalue weighted by atomic mass is 10.0. The maximum Gasteiger partial charge on any atom is 0.305 e. The van der Waals surface area contributed by atoms with Gasteiger partial charge in [0.1, 0.15) is 0 Å². The summed E-state index contributed by atoms with van der Waals surface area (Å²) in [5.41, 5.74) is 0. The predicted molar refractivity (Wildman–Crippen MR) is 343 cm³/mol. The van der Waals surface area contributed by atoms with E-state index in [0.29, 0.717) is 19.4 Å². The topological polar surface area (TPSA) is 95.9 Å². The van der Waals surface area contributed by atoms with Gasteiger partial charge >= 0.3 is 5.97 Å². The van der Waals surface area contributed by atoms with E-state index in [2.05, 4.69) is 43.5 Å². The zero-order valence-corrected chi connectivity index (χ0v) is 52.7. The molecule has 0 aliphatic rings. The molecule has 460 valence electrons. The third-order valence-electron chi connectivity index (χ3n) is 16.4. The molecule has 0 spiro atoms. The van der Waals surface area contributed by atoms with Crippen molar-refractivity contribution < 1.29 is 24.5 Å². The third kappa shape index (κ3) is 63.3. The van der Waals surface area contributed by atoms with Crippen molar-refractivity contribution in [2.45, 2.75) is 398 Å². The summed E-state index contributed by atoms with van der Waals surface area (Å²) in [5, 5.41) is 23.0. The SMILES string of the molecule is CCCCC/C=C\C/C=C\CCCCCCCCCCCC(=O)OCCCCCCCCCCCCCCCCCCCCCCCCCCCCCCCCCCC(=O)NC(CO)C(O)/C=C/CCCCCCCCCC. The van der Waals surface area contributed by atoms with Crippen LogP contribution >= 0.6 is 0 Å². The standard InChI is InChI=1S/C72H137NO5/c1-3-5-7-9-11-13-15-16-17-18-33-37-40-43-46-50-54-58-62-66-72(77)78-67-63-59-55-51-47-44-41-38-35-32-30-28-26-24-22-20-19-21-23-25-27-29-31-34-36-39-42-45-49-53-57-61-65-71(76)73-69(68-74)70(75)64-60-56-52-48-14-12-10-8-6-4-2/h11,13,16-17,60,64,69-70,74-75H,3-10,12,14-15,18-59,61-63,65-68H2,1-2H3,(H,73,76)/b13-11-,17-16-,64-60+. The first kappa shape index (κ1) is 76.1. The second kappa shape index (κ2) is 67.6. The molecule has 0 heterocycles. The van der Waals surface area contributed by atoms with Crippen molar-refractivity contribution in [1.29, 1.82) is 0 Å². The van der Waals surface area contributed by atoms with E-state index in [1.54, 1.807) is 6.08 Å². The van der Waals surface area contributed by atoms with Gasteiger partial charge in [0, 0.05) is 12.8 Å². The van der Waals surface area contributed by atoms with Crippen LogP contribution in [0.15, 0.2) is 36.5 Å². The molecule has 0 bridgehead atoms. The number of nitrogens with one attached hydrogen (secondary N) is 1. The van der Waals surface area contributed by atoms with Gasteiger partial charge in [0.05, 0.1) is 25.4 Å². The van der Waals surface area contributed by atoms with Gasteiger partial charge in [0.2, 0.25) is 5.91 Å². The molecular weight excluding hydrogens is 959 g/mol. The second-order valence-corrected chi connectivity index (χ2v) is 24.2. The molecule has 0 saturated heterocycles. The minimum absolute atomic E-state index is 0.0174. The smallest absolute Gasteiger partial charge is 0.305 e. The number of amides is 1. The summed E-state index contributed by atoms with van der Waals surface area (Å²) in [4.78, 5) is 24.5. The van der Waals surface area contributed by atoms with Gasteiger partial charge in [0.15, 0.2) is 0 Å². The Bertz CT molecular complexity index is 1260. The van der Waals surface area contributed by atoms with Crippen molar-refractivity contribution in [3.8, 4) is 0 Å². The summed E-state index contributed by atoms with van der Waals surface area (Å²) >= 11 is 0. The highest BCUT2D eigenvalue weighted by Crippen LogP contribution is 2.19. The van der Waals surface area contributed by atoms with Gasteiger partial charge in [0.25, 0.3) is 0 Å². The molecule has 0 rings (SSSR count). The van der Waals surface area contributed by atoms with Crippen molar-refractivity contribution in [1.82, 2.24) is 5.32 Å². The first-order valence-electron chi connectivity index (χ1n) is 35.3. The number of rotatable bonds is 66. The molecule has 0 radical (unpaired) electrons. The normalized spacial score (nSPS) is 12.7. The van der Waals surface area contributed by atoms with Gasteiger partial charge in [-0.25, -0.2) is 0 Å². The van der Waals surface area contributed by atoms with Gasteiger partial charge < -0.3 is 20.3 Å². The first-order chi connectivity index (χ1) is 38.5. The fourth-order valence-corrected chi connectivity index (χ4v) is 11.0. The second-order valence-electron chi connectivity index (χ2n) is 24.2. The van der Waals surface area contributed by atoms with Crippen LogP contribution in [0.2, 0.25) is 0 Å². The molecule has 6 heteroatoms. The highest BCUT2D eigenvalue weighted by atomic mass is 16.5. The molecule has 78 heavy (non-hydrogen) atoms. The van der Waals surface area contributed by atoms with E-state index in [0.717, 1.165) is 51.4 Å². The van der Waals surface area contributed by atoms with Crippen molar-refractivity contribution in [3.63, 3.8) is 0 Å². The summed E-state index contributed by atoms with van der Waals surface area (Å²) in [6, 6.07) is -0.622. The van der Waals surface area contributed by atoms with Crippen LogP contribution in [0.5, 0.6) is 0 Å². The largest absolute Gasteiger partial charge is 0.466 e. The van der Waals surface area contributed by atoms with Gasteiger partial charge in [-0.1, -0.05) is 346 Å². The number of esters is 1. The summed E-state index contributed by atoms with van der Waals surface area (Å²) in [6.45, 7) is 4.88. The predicted octanol–water partition coefficient (Wildman–Crippen LogP) is 22.7. The van der Waals surface area contributed by atoms with Gasteiger partial charge in [-0.05, 0) is 64.2 Å². The Balaban J connectivity index is 3.30. The van der Waals surface area contributed by atoms with Crippen molar-refractivity contribution >= 4 is 11.9 Å². The maximum atomic E-state index is 12.4. The van der Waals surface area contributed by atoms with Crippen LogP contribution in [0.3, 0.4) is 0 Å². The summed E-state index contributed by atoms with van der Waals surface area (Å²) < 4.78 is 5.51. The van der Waals surface area contributed by atoms with Crippen molar-refractivity contribution in [3.05, 3.63) is 36.5 Å². The fourth-order valence-electron chi connectivity index (χ4n) is 11.0. The van der Waals surface area contributed by atoms with E-state index >= 15 is 0 Å². The minimum Gasteiger partial charge on any atom is -0.466 e. The van der Waals surface area contributed by atoms with E-state index in [1.165, 1.54) is 308 Å². The summed E-state index contributed by atoms with van der Waals surface area (Å²) in [6.07, 6.45) is 86.7. The van der Waals surface area contributed by atoms with Crippen LogP contribution in [0.4, 0.5) is 0 Å². The Morgan fingerprint density at radius 3 is 1.00 bits per heavy atom. The summed E-state index contributed by atoms with van der Waals surface area (Å²) in [5.74, 6) is -0.0467. The molecule has 0 aromatic rings. The Morgan fingerprint density at radius 1 is 0.359 bits per heavy atom. The van der Waals surface area contributed by atoms with Crippen LogP contribution in [0.1, 0.15) is 386 Å².